The summed E-state index contributed by atoms with van der Waals surface area (Å²) in [5.74, 6) is -0.328. The molecule has 0 unspecified atom stereocenters. The minimum atomic E-state index is -3.59. The lowest BCUT2D eigenvalue weighted by Crippen LogP contribution is -2.32. The SMILES string of the molecule is Cc1cccc(-n2ncc(C(=O)Nc3cccc(S(=O)(=O)N4CCCCCC4)c3)c2C)c1. The zero-order valence-corrected chi connectivity index (χ0v) is 19.2. The highest BCUT2D eigenvalue weighted by Crippen LogP contribution is 2.23. The minimum Gasteiger partial charge on any atom is -0.322 e. The average Bonchev–Trinajstić information content (AvgIpc) is 2.97. The first kappa shape index (κ1) is 22.2. The molecule has 1 aliphatic rings. The molecule has 1 fully saturated rings. The Bertz CT molecular complexity index is 1230. The van der Waals surface area contributed by atoms with E-state index in [0.717, 1.165) is 36.9 Å². The highest BCUT2D eigenvalue weighted by molar-refractivity contribution is 7.89. The zero-order valence-electron chi connectivity index (χ0n) is 18.4. The van der Waals surface area contributed by atoms with E-state index >= 15 is 0 Å². The van der Waals surface area contributed by atoms with E-state index < -0.39 is 10.0 Å². The van der Waals surface area contributed by atoms with Crippen LogP contribution in [0.3, 0.4) is 0 Å². The Morgan fingerprint density at radius 2 is 1.69 bits per heavy atom. The standard InChI is InChI=1S/C24H28N4O3S/c1-18-9-7-11-21(15-18)28-19(2)23(17-25-28)24(29)26-20-10-8-12-22(16-20)32(30,31)27-13-5-3-4-6-14-27/h7-12,15-17H,3-6,13-14H2,1-2H3,(H,26,29). The van der Waals surface area contributed by atoms with Crippen molar-refractivity contribution in [3.8, 4) is 5.69 Å². The molecule has 8 heteroatoms. The van der Waals surface area contributed by atoms with Gasteiger partial charge in [0, 0.05) is 18.8 Å². The molecule has 3 aromatic rings. The van der Waals surface area contributed by atoms with E-state index in [4.69, 9.17) is 0 Å². The van der Waals surface area contributed by atoms with E-state index in [1.807, 2.05) is 38.1 Å². The Hall–Kier alpha value is -2.97. The number of aromatic nitrogens is 2. The topological polar surface area (TPSA) is 84.3 Å². The van der Waals surface area contributed by atoms with Crippen LogP contribution in [0.1, 0.15) is 47.3 Å². The molecule has 1 aromatic heterocycles. The summed E-state index contributed by atoms with van der Waals surface area (Å²) in [7, 11) is -3.59. The van der Waals surface area contributed by atoms with E-state index in [2.05, 4.69) is 10.4 Å². The van der Waals surface area contributed by atoms with Gasteiger partial charge in [0.05, 0.1) is 28.0 Å². The number of anilines is 1. The Morgan fingerprint density at radius 3 is 2.41 bits per heavy atom. The molecule has 0 radical (unpaired) electrons. The van der Waals surface area contributed by atoms with Crippen LogP contribution >= 0.6 is 0 Å². The second-order valence-corrected chi connectivity index (χ2v) is 10.1. The molecule has 2 heterocycles. The molecule has 0 bridgehead atoms. The van der Waals surface area contributed by atoms with Crippen LogP contribution in [-0.2, 0) is 10.0 Å². The summed E-state index contributed by atoms with van der Waals surface area (Å²) in [4.78, 5) is 13.1. The van der Waals surface area contributed by atoms with Crippen LogP contribution in [0.2, 0.25) is 0 Å². The number of benzene rings is 2. The third-order valence-corrected chi connectivity index (χ3v) is 7.69. The smallest absolute Gasteiger partial charge is 0.259 e. The largest absolute Gasteiger partial charge is 0.322 e. The van der Waals surface area contributed by atoms with Gasteiger partial charge in [-0.05, 0) is 62.6 Å². The number of carbonyl (C=O) groups excluding carboxylic acids is 1. The molecule has 0 atom stereocenters. The number of sulfonamides is 1. The second-order valence-electron chi connectivity index (χ2n) is 8.19. The number of aryl methyl sites for hydroxylation is 1. The Morgan fingerprint density at radius 1 is 0.969 bits per heavy atom. The first-order valence-corrected chi connectivity index (χ1v) is 12.3. The summed E-state index contributed by atoms with van der Waals surface area (Å²) in [6, 6.07) is 14.3. The van der Waals surface area contributed by atoms with Gasteiger partial charge in [-0.15, -0.1) is 0 Å². The van der Waals surface area contributed by atoms with Crippen LogP contribution in [0.4, 0.5) is 5.69 Å². The highest BCUT2D eigenvalue weighted by atomic mass is 32.2. The predicted molar refractivity (Wildman–Crippen MR) is 125 cm³/mol. The van der Waals surface area contributed by atoms with E-state index in [-0.39, 0.29) is 10.8 Å². The Balaban J connectivity index is 1.55. The second kappa shape index (κ2) is 9.26. The molecule has 1 aliphatic heterocycles. The van der Waals surface area contributed by atoms with Crippen LogP contribution < -0.4 is 5.32 Å². The van der Waals surface area contributed by atoms with Crippen molar-refractivity contribution in [2.45, 2.75) is 44.4 Å². The van der Waals surface area contributed by atoms with Gasteiger partial charge in [0.15, 0.2) is 0 Å². The number of carbonyl (C=O) groups is 1. The van der Waals surface area contributed by atoms with Gasteiger partial charge in [-0.25, -0.2) is 13.1 Å². The van der Waals surface area contributed by atoms with Crippen LogP contribution in [0.15, 0.2) is 59.6 Å². The third kappa shape index (κ3) is 4.61. The van der Waals surface area contributed by atoms with Crippen molar-refractivity contribution < 1.29 is 13.2 Å². The highest BCUT2D eigenvalue weighted by Gasteiger charge is 2.25. The van der Waals surface area contributed by atoms with E-state index in [0.29, 0.717) is 30.0 Å². The van der Waals surface area contributed by atoms with Crippen LogP contribution in [-0.4, -0.2) is 41.5 Å². The van der Waals surface area contributed by atoms with Gasteiger partial charge in [0.2, 0.25) is 10.0 Å². The van der Waals surface area contributed by atoms with Crippen molar-refractivity contribution in [1.29, 1.82) is 0 Å². The minimum absolute atomic E-state index is 0.198. The number of hydrogen-bond acceptors (Lipinski definition) is 4. The summed E-state index contributed by atoms with van der Waals surface area (Å²) in [6.45, 7) is 4.92. The predicted octanol–water partition coefficient (Wildman–Crippen LogP) is 4.31. The number of rotatable bonds is 5. The monoisotopic (exact) mass is 452 g/mol. The maximum atomic E-state index is 13.1. The quantitative estimate of drug-likeness (QED) is 0.625. The molecule has 0 aliphatic carbocycles. The maximum absolute atomic E-state index is 13.1. The fourth-order valence-corrected chi connectivity index (χ4v) is 5.58. The van der Waals surface area contributed by atoms with Gasteiger partial charge in [0.1, 0.15) is 0 Å². The molecule has 0 spiro atoms. The van der Waals surface area contributed by atoms with Gasteiger partial charge >= 0.3 is 0 Å². The Kier molecular flexibility index (Phi) is 6.43. The van der Waals surface area contributed by atoms with E-state index in [9.17, 15) is 13.2 Å². The van der Waals surface area contributed by atoms with E-state index in [1.165, 1.54) is 12.3 Å². The van der Waals surface area contributed by atoms with Crippen molar-refractivity contribution in [3.63, 3.8) is 0 Å². The molecule has 1 N–H and O–H groups in total. The normalized spacial score (nSPS) is 15.3. The number of hydrogen-bond donors (Lipinski definition) is 1. The van der Waals surface area contributed by atoms with E-state index in [1.54, 1.807) is 27.2 Å². The molecular weight excluding hydrogens is 424 g/mol. The molecule has 32 heavy (non-hydrogen) atoms. The molecule has 2 aromatic carbocycles. The van der Waals surface area contributed by atoms with Gasteiger partial charge < -0.3 is 5.32 Å². The van der Waals surface area contributed by atoms with Crippen molar-refractivity contribution in [2.75, 3.05) is 18.4 Å². The molecule has 168 valence electrons. The van der Waals surface area contributed by atoms with Crippen molar-refractivity contribution in [2.24, 2.45) is 0 Å². The molecular formula is C24H28N4O3S. The summed E-state index contributed by atoms with van der Waals surface area (Å²) in [6.07, 6.45) is 5.39. The van der Waals surface area contributed by atoms with Gasteiger partial charge in [-0.1, -0.05) is 31.0 Å². The summed E-state index contributed by atoms with van der Waals surface area (Å²) >= 11 is 0. The summed E-state index contributed by atoms with van der Waals surface area (Å²) in [5.41, 5.74) is 3.57. The number of nitrogens with zero attached hydrogens (tertiary/aromatic N) is 3. The summed E-state index contributed by atoms with van der Waals surface area (Å²) in [5, 5.41) is 7.20. The fourth-order valence-electron chi connectivity index (χ4n) is 4.02. The zero-order chi connectivity index (χ0) is 22.7. The van der Waals surface area contributed by atoms with Gasteiger partial charge in [-0.3, -0.25) is 4.79 Å². The van der Waals surface area contributed by atoms with Crippen molar-refractivity contribution in [1.82, 2.24) is 14.1 Å². The maximum Gasteiger partial charge on any atom is 0.259 e. The number of nitrogens with one attached hydrogen (secondary N) is 1. The lowest BCUT2D eigenvalue weighted by molar-refractivity contribution is 0.102. The van der Waals surface area contributed by atoms with Gasteiger partial charge in [-0.2, -0.15) is 9.40 Å². The fraction of sp³-hybridized carbons (Fsp3) is 0.333. The van der Waals surface area contributed by atoms with Crippen LogP contribution in [0.5, 0.6) is 0 Å². The first-order valence-electron chi connectivity index (χ1n) is 10.9. The van der Waals surface area contributed by atoms with Crippen molar-refractivity contribution in [3.05, 3.63) is 71.5 Å². The lowest BCUT2D eigenvalue weighted by Gasteiger charge is -2.20. The first-order chi connectivity index (χ1) is 15.4. The lowest BCUT2D eigenvalue weighted by atomic mass is 10.2. The molecule has 7 nitrogen and oxygen atoms in total. The van der Waals surface area contributed by atoms with Crippen LogP contribution in [0, 0.1) is 13.8 Å². The van der Waals surface area contributed by atoms with Crippen molar-refractivity contribution >= 4 is 21.6 Å². The Labute approximate surface area is 189 Å². The van der Waals surface area contributed by atoms with Gasteiger partial charge in [0.25, 0.3) is 5.91 Å². The third-order valence-electron chi connectivity index (χ3n) is 5.80. The number of amides is 1. The molecule has 1 amide bonds. The molecule has 1 saturated heterocycles. The summed E-state index contributed by atoms with van der Waals surface area (Å²) < 4.78 is 29.5. The molecule has 0 saturated carbocycles. The average molecular weight is 453 g/mol. The van der Waals surface area contributed by atoms with Crippen LogP contribution in [0.25, 0.3) is 5.69 Å². The molecule has 4 rings (SSSR count).